The lowest BCUT2D eigenvalue weighted by atomic mass is 9.95. The lowest BCUT2D eigenvalue weighted by molar-refractivity contribution is -0.375. The van der Waals surface area contributed by atoms with Crippen molar-refractivity contribution in [1.82, 2.24) is 25.2 Å². The normalized spacial score (nSPS) is 26.4. The van der Waals surface area contributed by atoms with E-state index in [0.29, 0.717) is 84.8 Å². The van der Waals surface area contributed by atoms with E-state index >= 15 is 8.78 Å². The summed E-state index contributed by atoms with van der Waals surface area (Å²) >= 11 is 0. The number of anilines is 1. The maximum Gasteiger partial charge on any atom is 0.426 e. The first kappa shape index (κ1) is 37.3. The van der Waals surface area contributed by atoms with Crippen LogP contribution in [0.4, 0.5) is 40.9 Å². The third-order valence-electron chi connectivity index (χ3n) is 12.9. The van der Waals surface area contributed by atoms with Crippen LogP contribution in [0.25, 0.3) is 32.9 Å². The van der Waals surface area contributed by atoms with Crippen molar-refractivity contribution in [2.75, 3.05) is 31.2 Å². The molecule has 1 N–H and O–H groups in total. The molecule has 4 saturated heterocycles. The van der Waals surface area contributed by atoms with E-state index in [2.05, 4.69) is 21.1 Å². The molecule has 5 atom stereocenters. The van der Waals surface area contributed by atoms with E-state index in [-0.39, 0.29) is 54.4 Å². The Bertz CT molecular complexity index is 2260. The zero-order valence-corrected chi connectivity index (χ0v) is 30.3. The minimum atomic E-state index is -5.66. The van der Waals surface area contributed by atoms with Gasteiger partial charge >= 0.3 is 18.4 Å². The number of benzene rings is 2. The van der Waals surface area contributed by atoms with Crippen LogP contribution < -0.4 is 15.0 Å². The molecule has 4 fully saturated rings. The fraction of sp³-hybridized carbons (Fsp3) is 0.525. The Balaban J connectivity index is 1.10. The zero-order valence-electron chi connectivity index (χ0n) is 30.3. The number of hydrogen-bond acceptors (Lipinski definition) is 8. The van der Waals surface area contributed by atoms with E-state index in [1.165, 1.54) is 6.07 Å². The number of halogens is 8. The first-order valence-electron chi connectivity index (χ1n) is 18.9. The number of terminal acetylenes is 1. The first-order valence-corrected chi connectivity index (χ1v) is 18.9. The van der Waals surface area contributed by atoms with Gasteiger partial charge in [0.15, 0.2) is 5.82 Å². The fourth-order valence-corrected chi connectivity index (χ4v) is 9.88. The van der Waals surface area contributed by atoms with Crippen LogP contribution in [0.2, 0.25) is 0 Å². The van der Waals surface area contributed by atoms with Gasteiger partial charge < -0.3 is 19.7 Å². The van der Waals surface area contributed by atoms with Gasteiger partial charge in [0.1, 0.15) is 29.5 Å². The fourth-order valence-electron chi connectivity index (χ4n) is 9.88. The van der Waals surface area contributed by atoms with Gasteiger partial charge in [-0.05, 0) is 76.3 Å². The second-order valence-corrected chi connectivity index (χ2v) is 15.9. The molecule has 5 aliphatic rings. The molecule has 5 aliphatic heterocycles. The number of aryl methyl sites for hydroxylation is 1. The summed E-state index contributed by atoms with van der Waals surface area (Å²) < 4.78 is 125. The third kappa shape index (κ3) is 5.70. The number of aromatic nitrogens is 3. The lowest BCUT2D eigenvalue weighted by Crippen LogP contribution is -2.58. The molecule has 296 valence electrons. The second-order valence-electron chi connectivity index (χ2n) is 15.9. The minimum Gasteiger partial charge on any atom is -0.461 e. The highest BCUT2D eigenvalue weighted by Gasteiger charge is 2.69. The number of rotatable bonds is 7. The van der Waals surface area contributed by atoms with Gasteiger partial charge in [-0.3, -0.25) is 4.90 Å². The Morgan fingerprint density at radius 3 is 2.54 bits per heavy atom. The van der Waals surface area contributed by atoms with Crippen molar-refractivity contribution in [3.63, 3.8) is 0 Å². The maximum atomic E-state index is 17.2. The molecule has 8 nitrogen and oxygen atoms in total. The zero-order chi connectivity index (χ0) is 39.4. The van der Waals surface area contributed by atoms with Crippen molar-refractivity contribution in [2.45, 2.75) is 106 Å². The van der Waals surface area contributed by atoms with Crippen LogP contribution in [0.3, 0.4) is 0 Å². The summed E-state index contributed by atoms with van der Waals surface area (Å²) in [6.45, 7) is 0.267. The number of nitrogens with zero attached hydrogens (tertiary/aromatic N) is 5. The average molecular weight is 787 g/mol. The number of ether oxygens (including phenoxy) is 2. The van der Waals surface area contributed by atoms with Gasteiger partial charge in [-0.2, -0.15) is 36.3 Å². The monoisotopic (exact) mass is 786 g/mol. The molecule has 9 rings (SSSR count). The molecule has 0 radical (unpaired) electrons. The summed E-state index contributed by atoms with van der Waals surface area (Å²) in [5.74, 6) is 1.53. The van der Waals surface area contributed by atoms with Crippen LogP contribution in [0.5, 0.6) is 6.01 Å². The molecule has 56 heavy (non-hydrogen) atoms. The van der Waals surface area contributed by atoms with E-state index in [4.69, 9.17) is 25.9 Å². The van der Waals surface area contributed by atoms with Crippen molar-refractivity contribution in [3.05, 3.63) is 53.2 Å². The van der Waals surface area contributed by atoms with Crippen molar-refractivity contribution in [3.8, 4) is 29.6 Å². The third-order valence-corrected chi connectivity index (χ3v) is 12.9. The molecular weight excluding hydrogens is 748 g/mol. The van der Waals surface area contributed by atoms with Gasteiger partial charge in [-0.25, -0.2) is 13.8 Å². The number of hydrogen-bond donors (Lipinski definition) is 1. The Morgan fingerprint density at radius 2 is 1.77 bits per heavy atom. The lowest BCUT2D eigenvalue weighted by Gasteiger charge is -2.41. The van der Waals surface area contributed by atoms with Crippen LogP contribution in [-0.2, 0) is 11.2 Å². The summed E-state index contributed by atoms with van der Waals surface area (Å²) in [4.78, 5) is 18.5. The van der Waals surface area contributed by atoms with Crippen LogP contribution >= 0.6 is 0 Å². The molecule has 2 bridgehead atoms. The molecule has 0 amide bonds. The average Bonchev–Trinajstić information content (AvgIpc) is 3.82. The predicted octanol–water partition coefficient (Wildman–Crippen LogP) is 7.64. The predicted molar refractivity (Wildman–Crippen MR) is 191 cm³/mol. The van der Waals surface area contributed by atoms with Crippen molar-refractivity contribution < 1.29 is 44.6 Å². The van der Waals surface area contributed by atoms with Gasteiger partial charge in [-0.1, -0.05) is 30.2 Å². The largest absolute Gasteiger partial charge is 0.461 e. The summed E-state index contributed by atoms with van der Waals surface area (Å²) in [6.07, 6.45) is -0.476. The number of fused-ring (bicyclic) bond motifs is 7. The molecule has 2 aromatic heterocycles. The minimum absolute atomic E-state index is 0.0144. The van der Waals surface area contributed by atoms with Crippen LogP contribution in [-0.4, -0.2) is 93.8 Å². The van der Waals surface area contributed by atoms with E-state index < -0.39 is 47.8 Å². The molecule has 4 aromatic rings. The van der Waals surface area contributed by atoms with E-state index in [0.717, 1.165) is 12.8 Å². The molecule has 2 aromatic carbocycles. The molecule has 7 heterocycles. The summed E-state index contributed by atoms with van der Waals surface area (Å²) in [6, 6.07) is 7.57. The second kappa shape index (κ2) is 13.1. The number of alkyl halides is 6. The van der Waals surface area contributed by atoms with Crippen LogP contribution in [0, 0.1) is 24.0 Å². The van der Waals surface area contributed by atoms with Crippen LogP contribution in [0.15, 0.2) is 30.3 Å². The molecule has 0 unspecified atom stereocenters. The first-order chi connectivity index (χ1) is 26.6. The summed E-state index contributed by atoms with van der Waals surface area (Å²) in [5, 5.41) is 5.11. The quantitative estimate of drug-likeness (QED) is 0.152. The number of pyridine rings is 1. The van der Waals surface area contributed by atoms with E-state index in [1.807, 2.05) is 4.90 Å². The SMILES string of the molecule is C#Cc1c(F)ccc2cccc(-c3nc4c5c(nc(OC[C@@]67CCCN6[C@H](COC(C)(C(F)(F)F)C(F)(F)F)CC7)nc5c3F)N3C[C@@H]5CC[C@@H](N5)[C@H]3CC4)c12. The Morgan fingerprint density at radius 1 is 0.964 bits per heavy atom. The van der Waals surface area contributed by atoms with Gasteiger partial charge in [0.2, 0.25) is 0 Å². The van der Waals surface area contributed by atoms with Gasteiger partial charge in [0.25, 0.3) is 5.60 Å². The summed E-state index contributed by atoms with van der Waals surface area (Å²) in [7, 11) is 0. The summed E-state index contributed by atoms with van der Waals surface area (Å²) in [5.41, 5.74) is -4.23. The topological polar surface area (TPSA) is 75.6 Å². The van der Waals surface area contributed by atoms with Gasteiger partial charge in [0, 0.05) is 41.7 Å². The molecule has 0 spiro atoms. The van der Waals surface area contributed by atoms with E-state index in [9.17, 15) is 26.3 Å². The van der Waals surface area contributed by atoms with Crippen molar-refractivity contribution >= 4 is 27.5 Å². The van der Waals surface area contributed by atoms with E-state index in [1.54, 1.807) is 24.3 Å². The molecular formula is C40H38F8N6O2. The van der Waals surface area contributed by atoms with Gasteiger partial charge in [-0.15, -0.1) is 6.42 Å². The van der Waals surface area contributed by atoms with Crippen LogP contribution in [0.1, 0.15) is 63.1 Å². The Kier molecular flexibility index (Phi) is 8.72. The highest BCUT2D eigenvalue weighted by molar-refractivity contribution is 6.02. The van der Waals surface area contributed by atoms with Crippen molar-refractivity contribution in [2.24, 2.45) is 0 Å². The maximum absolute atomic E-state index is 17.2. The number of piperazine rings is 1. The molecule has 16 heteroatoms. The smallest absolute Gasteiger partial charge is 0.426 e. The molecule has 0 aliphatic carbocycles. The Hall–Kier alpha value is -4.33. The highest BCUT2D eigenvalue weighted by Crippen LogP contribution is 2.48. The number of nitrogens with one attached hydrogen (secondary N) is 1. The Labute approximate surface area is 316 Å². The van der Waals surface area contributed by atoms with Gasteiger partial charge in [0.05, 0.1) is 28.8 Å². The highest BCUT2D eigenvalue weighted by atomic mass is 19.4. The van der Waals surface area contributed by atoms with Crippen molar-refractivity contribution in [1.29, 1.82) is 0 Å². The molecule has 0 saturated carbocycles. The standard InChI is InChI=1S/C40H38F8N6O2/c1-3-24-26(41)10-8-21-6-4-7-25(30(21)24)33-32(42)34-31-28(50-33)12-13-29-27-11-9-22(49-27)18-53(29)35(31)52-36(51-34)55-20-38-15-5-17-54(38)23(14-16-38)19-56-37(2,39(43,44)45)40(46,47)48/h1,4,6-8,10,22-23,27,29,49H,5,9,11-20H2,2H3/t22-,23-,27+,29+,38-/m0/s1.